The molecule has 1 aliphatic heterocycles. The van der Waals surface area contributed by atoms with Crippen LogP contribution in [0.5, 0.6) is 0 Å². The number of nitrogens with zero attached hydrogens (tertiary/aromatic N) is 2. The van der Waals surface area contributed by atoms with E-state index in [4.69, 9.17) is 5.14 Å². The number of rotatable bonds is 8. The fraction of sp³-hybridized carbons (Fsp3) is 0.381. The third kappa shape index (κ3) is 5.82. The molecule has 29 heavy (non-hydrogen) atoms. The molecule has 156 valence electrons. The van der Waals surface area contributed by atoms with Gasteiger partial charge in [0.2, 0.25) is 10.0 Å². The molecule has 2 aromatic carbocycles. The Morgan fingerprint density at radius 1 is 1.07 bits per heavy atom. The number of Topliss-reactive ketones (excluding diaryl/α,β-unsaturated/α-hetero) is 1. The van der Waals surface area contributed by atoms with Gasteiger partial charge in [-0.25, -0.2) is 13.6 Å². The highest BCUT2D eigenvalue weighted by Gasteiger charge is 2.19. The summed E-state index contributed by atoms with van der Waals surface area (Å²) in [6, 6.07) is 15.1. The number of para-hydroxylation sites is 1. The molecule has 0 atom stereocenters. The van der Waals surface area contributed by atoms with E-state index in [2.05, 4.69) is 34.1 Å². The average molecular weight is 434 g/mol. The van der Waals surface area contributed by atoms with Crippen molar-refractivity contribution in [3.63, 3.8) is 0 Å². The van der Waals surface area contributed by atoms with Crippen molar-refractivity contribution in [1.29, 1.82) is 0 Å². The molecule has 0 saturated carbocycles. The smallest absolute Gasteiger partial charge is 0.239 e. The van der Waals surface area contributed by atoms with Crippen molar-refractivity contribution in [3.05, 3.63) is 54.1 Å². The van der Waals surface area contributed by atoms with Gasteiger partial charge >= 0.3 is 0 Å². The Balaban J connectivity index is 1.49. The van der Waals surface area contributed by atoms with Crippen LogP contribution in [0.15, 0.2) is 58.3 Å². The van der Waals surface area contributed by atoms with Gasteiger partial charge in [-0.1, -0.05) is 24.3 Å². The Kier molecular flexibility index (Phi) is 7.34. The molecule has 0 aliphatic carbocycles. The minimum absolute atomic E-state index is 0.0212. The number of carbonyl (C=O) groups excluding carboxylic acids is 1. The molecule has 8 heteroatoms. The Labute approximate surface area is 177 Å². The molecule has 0 unspecified atom stereocenters. The molecular weight excluding hydrogens is 406 g/mol. The van der Waals surface area contributed by atoms with Gasteiger partial charge in [0.05, 0.1) is 4.90 Å². The van der Waals surface area contributed by atoms with Crippen molar-refractivity contribution in [2.45, 2.75) is 22.6 Å². The van der Waals surface area contributed by atoms with E-state index in [1.807, 2.05) is 6.07 Å². The molecule has 2 aromatic rings. The molecule has 0 amide bonds. The number of ketones is 1. The lowest BCUT2D eigenvalue weighted by atomic mass is 10.1. The summed E-state index contributed by atoms with van der Waals surface area (Å²) in [7, 11) is -3.85. The van der Waals surface area contributed by atoms with Gasteiger partial charge in [-0.05, 0) is 43.5 Å². The van der Waals surface area contributed by atoms with Crippen LogP contribution in [0.4, 0.5) is 5.69 Å². The Bertz CT molecular complexity index is 941. The fourth-order valence-electron chi connectivity index (χ4n) is 3.55. The summed E-state index contributed by atoms with van der Waals surface area (Å²) >= 11 is 1.30. The number of hydrogen-bond acceptors (Lipinski definition) is 6. The molecule has 1 fully saturated rings. The van der Waals surface area contributed by atoms with Crippen molar-refractivity contribution >= 4 is 33.3 Å². The van der Waals surface area contributed by atoms with Crippen molar-refractivity contribution in [1.82, 2.24) is 4.90 Å². The van der Waals surface area contributed by atoms with Crippen molar-refractivity contribution < 1.29 is 13.2 Å². The van der Waals surface area contributed by atoms with Gasteiger partial charge in [-0.2, -0.15) is 0 Å². The molecule has 1 aliphatic rings. The van der Waals surface area contributed by atoms with Gasteiger partial charge < -0.3 is 4.90 Å². The minimum Gasteiger partial charge on any atom is -0.369 e. The van der Waals surface area contributed by atoms with Crippen molar-refractivity contribution in [2.24, 2.45) is 5.14 Å². The molecule has 0 radical (unpaired) electrons. The zero-order chi connectivity index (χ0) is 20.9. The fourth-order valence-corrected chi connectivity index (χ4v) is 5.25. The number of primary sulfonamides is 1. The van der Waals surface area contributed by atoms with E-state index < -0.39 is 10.0 Å². The maximum absolute atomic E-state index is 12.5. The maximum Gasteiger partial charge on any atom is 0.239 e. The second-order valence-corrected chi connectivity index (χ2v) is 9.48. The first kappa shape index (κ1) is 21.8. The summed E-state index contributed by atoms with van der Waals surface area (Å²) in [5, 5.41) is 5.29. The normalized spacial score (nSPS) is 15.4. The zero-order valence-electron chi connectivity index (χ0n) is 16.6. The summed E-state index contributed by atoms with van der Waals surface area (Å²) in [6.45, 7) is 4.76. The van der Waals surface area contributed by atoms with E-state index >= 15 is 0 Å². The van der Waals surface area contributed by atoms with Crippen LogP contribution in [-0.2, 0) is 10.0 Å². The number of anilines is 1. The van der Waals surface area contributed by atoms with Gasteiger partial charge in [-0.3, -0.25) is 9.69 Å². The maximum atomic E-state index is 12.5. The minimum atomic E-state index is -3.85. The van der Waals surface area contributed by atoms with Gasteiger partial charge in [-0.15, -0.1) is 11.8 Å². The van der Waals surface area contributed by atoms with Crippen LogP contribution < -0.4 is 10.0 Å². The van der Waals surface area contributed by atoms with Gasteiger partial charge in [0.25, 0.3) is 0 Å². The molecule has 1 heterocycles. The summed E-state index contributed by atoms with van der Waals surface area (Å²) < 4.78 is 23.6. The van der Waals surface area contributed by atoms with Crippen LogP contribution in [0.3, 0.4) is 0 Å². The van der Waals surface area contributed by atoms with E-state index in [0.29, 0.717) is 16.9 Å². The summed E-state index contributed by atoms with van der Waals surface area (Å²) in [4.78, 5) is 17.9. The van der Waals surface area contributed by atoms with Crippen LogP contribution >= 0.6 is 11.8 Å². The zero-order valence-corrected chi connectivity index (χ0v) is 18.2. The van der Waals surface area contributed by atoms with Crippen LogP contribution in [0.1, 0.15) is 23.2 Å². The second-order valence-electron chi connectivity index (χ2n) is 7.10. The highest BCUT2D eigenvalue weighted by molar-refractivity contribution is 7.99. The number of hydrogen-bond donors (Lipinski definition) is 1. The van der Waals surface area contributed by atoms with E-state index in [1.54, 1.807) is 18.4 Å². The van der Waals surface area contributed by atoms with E-state index in [0.717, 1.165) is 39.1 Å². The predicted octanol–water partition coefficient (Wildman–Crippen LogP) is 2.84. The first-order chi connectivity index (χ1) is 13.9. The van der Waals surface area contributed by atoms with Gasteiger partial charge in [0.15, 0.2) is 5.78 Å². The Morgan fingerprint density at radius 3 is 2.38 bits per heavy atom. The average Bonchev–Trinajstić information content (AvgIpc) is 2.73. The molecular formula is C21H27N3O3S2. The Hall–Kier alpha value is -1.87. The molecule has 0 aromatic heterocycles. The van der Waals surface area contributed by atoms with Crippen LogP contribution in [0, 0.1) is 0 Å². The number of sulfonamides is 1. The van der Waals surface area contributed by atoms with Gasteiger partial charge in [0.1, 0.15) is 0 Å². The van der Waals surface area contributed by atoms with Crippen LogP contribution in [0.25, 0.3) is 0 Å². The number of piperazine rings is 1. The summed E-state index contributed by atoms with van der Waals surface area (Å²) in [6.07, 6.45) is 2.92. The summed E-state index contributed by atoms with van der Waals surface area (Å²) in [5.41, 5.74) is 1.65. The number of nitrogens with two attached hydrogens (primary N) is 1. The standard InChI is InChI=1S/C21H27N3O3S2/c1-28-20-10-9-17(16-21(20)29(22,26)27)19(25)8-5-11-23-12-14-24(15-13-23)18-6-3-2-4-7-18/h2-4,6-7,9-10,16H,5,8,11-15H2,1H3,(H2,22,26,27). The SMILES string of the molecule is CSc1ccc(C(=O)CCCN2CCN(c3ccccc3)CC2)cc1S(N)(=O)=O. The van der Waals surface area contributed by atoms with E-state index in [9.17, 15) is 13.2 Å². The highest BCUT2D eigenvalue weighted by Crippen LogP contribution is 2.25. The quantitative estimate of drug-likeness (QED) is 0.509. The van der Waals surface area contributed by atoms with Crippen LogP contribution in [-0.4, -0.2) is 58.1 Å². The van der Waals surface area contributed by atoms with E-state index in [1.165, 1.54) is 23.5 Å². The molecule has 0 bridgehead atoms. The monoisotopic (exact) mass is 433 g/mol. The second kappa shape index (κ2) is 9.75. The van der Waals surface area contributed by atoms with Gasteiger partial charge in [0, 0.05) is 48.7 Å². The van der Waals surface area contributed by atoms with Crippen molar-refractivity contribution in [2.75, 3.05) is 43.9 Å². The van der Waals surface area contributed by atoms with E-state index in [-0.39, 0.29) is 10.7 Å². The first-order valence-corrected chi connectivity index (χ1v) is 12.4. The summed E-state index contributed by atoms with van der Waals surface area (Å²) in [5.74, 6) is -0.0505. The molecule has 0 spiro atoms. The lowest BCUT2D eigenvalue weighted by Gasteiger charge is -2.36. The predicted molar refractivity (Wildman–Crippen MR) is 118 cm³/mol. The number of carbonyl (C=O) groups is 1. The topological polar surface area (TPSA) is 83.7 Å². The number of benzene rings is 2. The molecule has 1 saturated heterocycles. The molecule has 3 rings (SSSR count). The molecule has 6 nitrogen and oxygen atoms in total. The Morgan fingerprint density at radius 2 is 1.76 bits per heavy atom. The lowest BCUT2D eigenvalue weighted by molar-refractivity contribution is 0.0974. The van der Waals surface area contributed by atoms with Crippen LogP contribution in [0.2, 0.25) is 0 Å². The number of thioether (sulfide) groups is 1. The largest absolute Gasteiger partial charge is 0.369 e. The third-order valence-corrected chi connectivity index (χ3v) is 7.04. The highest BCUT2D eigenvalue weighted by atomic mass is 32.2. The lowest BCUT2D eigenvalue weighted by Crippen LogP contribution is -2.46. The first-order valence-electron chi connectivity index (χ1n) is 9.65. The molecule has 2 N–H and O–H groups in total. The van der Waals surface area contributed by atoms with Crippen molar-refractivity contribution in [3.8, 4) is 0 Å². The third-order valence-electron chi connectivity index (χ3n) is 5.16.